The van der Waals surface area contributed by atoms with Crippen LogP contribution in [-0.4, -0.2) is 16.7 Å². The Kier molecular flexibility index (Phi) is 4.10. The molecule has 1 aromatic heterocycles. The molecule has 0 radical (unpaired) electrons. The fourth-order valence-electron chi connectivity index (χ4n) is 2.10. The third-order valence-electron chi connectivity index (χ3n) is 2.96. The molecule has 4 heteroatoms. The van der Waals surface area contributed by atoms with E-state index in [0.29, 0.717) is 0 Å². The Labute approximate surface area is 114 Å². The van der Waals surface area contributed by atoms with Gasteiger partial charge < -0.3 is 14.6 Å². The normalized spacial score (nSPS) is 10.5. The number of benzene rings is 1. The van der Waals surface area contributed by atoms with Gasteiger partial charge in [-0.05, 0) is 38.0 Å². The molecule has 0 aliphatic heterocycles. The van der Waals surface area contributed by atoms with Crippen LogP contribution in [0.2, 0.25) is 0 Å². The summed E-state index contributed by atoms with van der Waals surface area (Å²) in [6.45, 7) is 7.18. The minimum atomic E-state index is 0.828. The molecular weight excluding hydrogens is 238 g/mol. The first-order valence-corrected chi connectivity index (χ1v) is 6.59. The first-order valence-electron chi connectivity index (χ1n) is 6.59. The van der Waals surface area contributed by atoms with Crippen molar-refractivity contribution in [1.29, 1.82) is 0 Å². The standard InChI is InChI=1S/C15H21N3O/c1-5-8-18-10-12(3)16-15(18)17-13-9-11(2)6-7-14(13)19-4/h6-7,9-10H,5,8H2,1-4H3,(H,16,17). The van der Waals surface area contributed by atoms with E-state index in [-0.39, 0.29) is 0 Å². The summed E-state index contributed by atoms with van der Waals surface area (Å²) in [5, 5.41) is 3.37. The number of methoxy groups -OCH3 is 1. The van der Waals surface area contributed by atoms with Gasteiger partial charge in [-0.15, -0.1) is 0 Å². The number of hydrogen-bond acceptors (Lipinski definition) is 3. The molecule has 0 unspecified atom stereocenters. The number of aryl methyl sites for hydroxylation is 3. The van der Waals surface area contributed by atoms with Crippen LogP contribution >= 0.6 is 0 Å². The summed E-state index contributed by atoms with van der Waals surface area (Å²) < 4.78 is 7.52. The molecule has 1 aromatic carbocycles. The van der Waals surface area contributed by atoms with Crippen molar-refractivity contribution in [3.63, 3.8) is 0 Å². The highest BCUT2D eigenvalue weighted by atomic mass is 16.5. The highest BCUT2D eigenvalue weighted by Crippen LogP contribution is 2.28. The van der Waals surface area contributed by atoms with Crippen molar-refractivity contribution >= 4 is 11.6 Å². The van der Waals surface area contributed by atoms with Crippen LogP contribution in [0.25, 0.3) is 0 Å². The predicted octanol–water partition coefficient (Wildman–Crippen LogP) is 3.66. The van der Waals surface area contributed by atoms with Gasteiger partial charge in [-0.3, -0.25) is 0 Å². The number of nitrogens with zero attached hydrogens (tertiary/aromatic N) is 2. The topological polar surface area (TPSA) is 39.1 Å². The average molecular weight is 259 g/mol. The zero-order valence-electron chi connectivity index (χ0n) is 12.0. The number of nitrogens with one attached hydrogen (secondary N) is 1. The van der Waals surface area contributed by atoms with Crippen LogP contribution in [0, 0.1) is 13.8 Å². The second-order valence-corrected chi connectivity index (χ2v) is 4.73. The molecule has 0 amide bonds. The molecule has 0 saturated heterocycles. The van der Waals surface area contributed by atoms with E-state index >= 15 is 0 Å². The van der Waals surface area contributed by atoms with Gasteiger partial charge in [0, 0.05) is 12.7 Å². The number of anilines is 2. The van der Waals surface area contributed by atoms with Crippen molar-refractivity contribution in [2.24, 2.45) is 0 Å². The van der Waals surface area contributed by atoms with Gasteiger partial charge in [0.1, 0.15) is 5.75 Å². The van der Waals surface area contributed by atoms with Crippen molar-refractivity contribution in [3.8, 4) is 5.75 Å². The molecule has 0 aliphatic carbocycles. The number of aromatic nitrogens is 2. The SMILES string of the molecule is CCCn1cc(C)nc1Nc1cc(C)ccc1OC. The first-order chi connectivity index (χ1) is 9.13. The number of imidazole rings is 1. The Bertz CT molecular complexity index is 561. The van der Waals surface area contributed by atoms with Crippen molar-refractivity contribution in [2.45, 2.75) is 33.7 Å². The van der Waals surface area contributed by atoms with Gasteiger partial charge in [0.25, 0.3) is 0 Å². The maximum Gasteiger partial charge on any atom is 0.207 e. The molecule has 1 N–H and O–H groups in total. The summed E-state index contributed by atoms with van der Waals surface area (Å²) >= 11 is 0. The molecule has 102 valence electrons. The summed E-state index contributed by atoms with van der Waals surface area (Å²) in [4.78, 5) is 4.53. The maximum absolute atomic E-state index is 5.38. The fourth-order valence-corrected chi connectivity index (χ4v) is 2.10. The van der Waals surface area contributed by atoms with Crippen molar-refractivity contribution in [1.82, 2.24) is 9.55 Å². The minimum absolute atomic E-state index is 0.828. The Hall–Kier alpha value is -1.97. The fraction of sp³-hybridized carbons (Fsp3) is 0.400. The molecule has 0 bridgehead atoms. The van der Waals surface area contributed by atoms with Crippen LogP contribution in [0.1, 0.15) is 24.6 Å². The lowest BCUT2D eigenvalue weighted by molar-refractivity contribution is 0.416. The van der Waals surface area contributed by atoms with Crippen LogP contribution in [0.5, 0.6) is 5.75 Å². The lowest BCUT2D eigenvalue weighted by Gasteiger charge is -2.12. The second kappa shape index (κ2) is 5.78. The van der Waals surface area contributed by atoms with E-state index in [4.69, 9.17) is 4.74 Å². The van der Waals surface area contributed by atoms with Gasteiger partial charge >= 0.3 is 0 Å². The van der Waals surface area contributed by atoms with E-state index in [2.05, 4.69) is 41.0 Å². The first kappa shape index (κ1) is 13.5. The van der Waals surface area contributed by atoms with Gasteiger partial charge in [0.15, 0.2) is 0 Å². The molecule has 2 aromatic rings. The molecule has 1 heterocycles. The van der Waals surface area contributed by atoms with E-state index in [9.17, 15) is 0 Å². The molecule has 0 fully saturated rings. The van der Waals surface area contributed by atoms with Crippen LogP contribution < -0.4 is 10.1 Å². The zero-order valence-corrected chi connectivity index (χ0v) is 12.0. The molecule has 19 heavy (non-hydrogen) atoms. The second-order valence-electron chi connectivity index (χ2n) is 4.73. The van der Waals surface area contributed by atoms with Gasteiger partial charge in [-0.2, -0.15) is 0 Å². The van der Waals surface area contributed by atoms with E-state index in [1.165, 1.54) is 5.56 Å². The van der Waals surface area contributed by atoms with E-state index in [1.807, 2.05) is 19.1 Å². The zero-order chi connectivity index (χ0) is 13.8. The minimum Gasteiger partial charge on any atom is -0.495 e. The summed E-state index contributed by atoms with van der Waals surface area (Å²) in [6.07, 6.45) is 3.14. The largest absolute Gasteiger partial charge is 0.495 e. The third-order valence-corrected chi connectivity index (χ3v) is 2.96. The van der Waals surface area contributed by atoms with Gasteiger partial charge in [-0.1, -0.05) is 13.0 Å². The van der Waals surface area contributed by atoms with Crippen LogP contribution in [0.15, 0.2) is 24.4 Å². The van der Waals surface area contributed by atoms with Crippen molar-refractivity contribution in [3.05, 3.63) is 35.7 Å². The Morgan fingerprint density at radius 2 is 2.11 bits per heavy atom. The summed E-state index contributed by atoms with van der Waals surface area (Å²) in [5.74, 6) is 1.69. The number of ether oxygens (including phenoxy) is 1. The highest BCUT2D eigenvalue weighted by Gasteiger charge is 2.09. The van der Waals surface area contributed by atoms with E-state index in [1.54, 1.807) is 7.11 Å². The monoisotopic (exact) mass is 259 g/mol. The Morgan fingerprint density at radius 3 is 2.79 bits per heavy atom. The van der Waals surface area contributed by atoms with E-state index < -0.39 is 0 Å². The lowest BCUT2D eigenvalue weighted by atomic mass is 10.2. The molecule has 4 nitrogen and oxygen atoms in total. The average Bonchev–Trinajstić information content (AvgIpc) is 2.70. The van der Waals surface area contributed by atoms with Crippen molar-refractivity contribution < 1.29 is 4.74 Å². The van der Waals surface area contributed by atoms with Gasteiger partial charge in [0.05, 0.1) is 18.5 Å². The van der Waals surface area contributed by atoms with Crippen molar-refractivity contribution in [2.75, 3.05) is 12.4 Å². The Morgan fingerprint density at radius 1 is 1.32 bits per heavy atom. The molecule has 0 aliphatic rings. The van der Waals surface area contributed by atoms with Crippen LogP contribution in [0.4, 0.5) is 11.6 Å². The quantitative estimate of drug-likeness (QED) is 0.890. The highest BCUT2D eigenvalue weighted by molar-refractivity contribution is 5.64. The van der Waals surface area contributed by atoms with Gasteiger partial charge in [0.2, 0.25) is 5.95 Å². The smallest absolute Gasteiger partial charge is 0.207 e. The summed E-state index contributed by atoms with van der Waals surface area (Å²) in [6, 6.07) is 6.07. The molecule has 0 atom stereocenters. The number of rotatable bonds is 5. The molecule has 2 rings (SSSR count). The Balaban J connectivity index is 2.32. The molecule has 0 spiro atoms. The van der Waals surface area contributed by atoms with Crippen LogP contribution in [-0.2, 0) is 6.54 Å². The van der Waals surface area contributed by atoms with Crippen LogP contribution in [0.3, 0.4) is 0 Å². The summed E-state index contributed by atoms with van der Waals surface area (Å²) in [7, 11) is 1.68. The lowest BCUT2D eigenvalue weighted by Crippen LogP contribution is -2.04. The van der Waals surface area contributed by atoms with E-state index in [0.717, 1.165) is 36.0 Å². The third kappa shape index (κ3) is 3.08. The van der Waals surface area contributed by atoms with Gasteiger partial charge in [-0.25, -0.2) is 4.98 Å². The predicted molar refractivity (Wildman–Crippen MR) is 78.3 cm³/mol. The summed E-state index contributed by atoms with van der Waals surface area (Å²) in [5.41, 5.74) is 3.15. The maximum atomic E-state index is 5.38. The molecular formula is C15H21N3O. The number of hydrogen-bond donors (Lipinski definition) is 1. The molecule has 0 saturated carbocycles.